The Morgan fingerprint density at radius 2 is 0.672 bits per heavy atom. The molecule has 0 heterocycles. The normalized spacial score (nSPS) is 13.9. The first-order chi connectivity index (χ1) is 31.5. The number of allylic oxidation sites excluding steroid dienone is 4. The predicted molar refractivity (Wildman–Crippen MR) is 279 cm³/mol. The van der Waals surface area contributed by atoms with E-state index >= 15 is 0 Å². The Kier molecular flexibility index (Phi) is 51.8. The van der Waals surface area contributed by atoms with Gasteiger partial charge in [-0.2, -0.15) is 0 Å². The number of unbranched alkanes of at least 4 members (excludes halogenated alkanes) is 40. The lowest BCUT2D eigenvalue weighted by Gasteiger charge is -2.27. The van der Waals surface area contributed by atoms with Crippen LogP contribution in [0.5, 0.6) is 0 Å². The molecule has 0 saturated carbocycles. The van der Waals surface area contributed by atoms with Crippen molar-refractivity contribution in [1.29, 1.82) is 0 Å². The largest absolute Gasteiger partial charge is 0.394 e. The third-order valence-corrected chi connectivity index (χ3v) is 13.7. The van der Waals surface area contributed by atoms with Crippen molar-refractivity contribution in [3.63, 3.8) is 0 Å². The summed E-state index contributed by atoms with van der Waals surface area (Å²) in [6.07, 6.45) is 63.9. The molecule has 5 N–H and O–H groups in total. The summed E-state index contributed by atoms with van der Waals surface area (Å²) in [5.41, 5.74) is 0. The van der Waals surface area contributed by atoms with Crippen LogP contribution in [0.1, 0.15) is 309 Å². The zero-order valence-electron chi connectivity index (χ0n) is 43.0. The monoisotopic (exact) mass is 904 g/mol. The van der Waals surface area contributed by atoms with Crippen LogP contribution >= 0.6 is 0 Å². The van der Waals surface area contributed by atoms with E-state index in [9.17, 15) is 25.2 Å². The molecule has 0 aliphatic carbocycles. The number of carbonyl (C=O) groups is 1. The van der Waals surface area contributed by atoms with E-state index in [4.69, 9.17) is 0 Å². The molecule has 0 aliphatic heterocycles. The molecule has 0 fully saturated rings. The van der Waals surface area contributed by atoms with Crippen molar-refractivity contribution in [3.8, 4) is 0 Å². The lowest BCUT2D eigenvalue weighted by atomic mass is 9.99. The summed E-state index contributed by atoms with van der Waals surface area (Å²) in [5.74, 6) is -0.580. The van der Waals surface area contributed by atoms with Gasteiger partial charge in [0.1, 0.15) is 12.2 Å². The summed E-state index contributed by atoms with van der Waals surface area (Å²) in [4.78, 5) is 12.6. The third kappa shape index (κ3) is 45.9. The molecule has 6 nitrogen and oxygen atoms in total. The minimum atomic E-state index is -1.26. The van der Waals surface area contributed by atoms with Crippen LogP contribution in [0.15, 0.2) is 24.3 Å². The number of hydrogen-bond acceptors (Lipinski definition) is 5. The lowest BCUT2D eigenvalue weighted by molar-refractivity contribution is -0.132. The molecule has 0 saturated heterocycles. The van der Waals surface area contributed by atoms with E-state index in [1.54, 1.807) is 0 Å². The molecule has 1 amide bonds. The molecule has 6 heteroatoms. The number of rotatable bonds is 53. The SMILES string of the molecule is CCCCCCCCCCC/C=C\C/C=C\CCCCCCCCCCCCCCCCC(O)C(=O)NC(CO)C(O)C(O)CCCCCCCCCCCCCCCCCCCC. The van der Waals surface area contributed by atoms with Gasteiger partial charge in [-0.05, 0) is 44.9 Å². The molecule has 0 rings (SSSR count). The summed E-state index contributed by atoms with van der Waals surface area (Å²) in [5, 5.41) is 44.0. The molecule has 0 spiro atoms. The maximum absolute atomic E-state index is 12.6. The topological polar surface area (TPSA) is 110 Å². The highest BCUT2D eigenvalue weighted by molar-refractivity contribution is 5.80. The van der Waals surface area contributed by atoms with Gasteiger partial charge in [-0.25, -0.2) is 0 Å². The van der Waals surface area contributed by atoms with Gasteiger partial charge >= 0.3 is 0 Å². The van der Waals surface area contributed by atoms with Crippen molar-refractivity contribution >= 4 is 5.91 Å². The van der Waals surface area contributed by atoms with E-state index in [1.807, 2.05) is 0 Å². The van der Waals surface area contributed by atoms with E-state index < -0.39 is 36.9 Å². The molecule has 4 atom stereocenters. The van der Waals surface area contributed by atoms with Crippen LogP contribution in [0.2, 0.25) is 0 Å². The minimum absolute atomic E-state index is 0.371. The van der Waals surface area contributed by atoms with Gasteiger partial charge in [-0.3, -0.25) is 4.79 Å². The molecule has 64 heavy (non-hydrogen) atoms. The predicted octanol–water partition coefficient (Wildman–Crippen LogP) is 16.6. The zero-order valence-corrected chi connectivity index (χ0v) is 43.0. The Bertz CT molecular complexity index is 970. The first-order valence-electron chi connectivity index (χ1n) is 28.7. The zero-order chi connectivity index (χ0) is 46.7. The van der Waals surface area contributed by atoms with E-state index in [1.165, 1.54) is 238 Å². The molecule has 0 bridgehead atoms. The molecule has 0 aromatic carbocycles. The Morgan fingerprint density at radius 3 is 0.984 bits per heavy atom. The van der Waals surface area contributed by atoms with Crippen LogP contribution in [0.25, 0.3) is 0 Å². The van der Waals surface area contributed by atoms with Crippen LogP contribution in [-0.4, -0.2) is 57.3 Å². The van der Waals surface area contributed by atoms with E-state index in [-0.39, 0.29) is 0 Å². The van der Waals surface area contributed by atoms with Gasteiger partial charge in [0.15, 0.2) is 0 Å². The fourth-order valence-electron chi connectivity index (χ4n) is 9.14. The Labute approximate surface area is 399 Å². The molecule has 0 aromatic rings. The molecule has 0 radical (unpaired) electrons. The highest BCUT2D eigenvalue weighted by atomic mass is 16.3. The molecular formula is C58H113NO5. The van der Waals surface area contributed by atoms with Crippen LogP contribution in [0, 0.1) is 0 Å². The fourth-order valence-corrected chi connectivity index (χ4v) is 9.14. The van der Waals surface area contributed by atoms with Gasteiger partial charge in [0.2, 0.25) is 5.91 Å². The minimum Gasteiger partial charge on any atom is -0.394 e. The van der Waals surface area contributed by atoms with Gasteiger partial charge in [-0.1, -0.05) is 289 Å². The number of aliphatic hydroxyl groups is 4. The van der Waals surface area contributed by atoms with Crippen molar-refractivity contribution in [2.75, 3.05) is 6.61 Å². The maximum Gasteiger partial charge on any atom is 0.249 e. The fraction of sp³-hybridized carbons (Fsp3) is 0.914. The van der Waals surface area contributed by atoms with Gasteiger partial charge in [0.25, 0.3) is 0 Å². The molecular weight excluding hydrogens is 791 g/mol. The second-order valence-electron chi connectivity index (χ2n) is 20.0. The molecule has 4 unspecified atom stereocenters. The second-order valence-corrected chi connectivity index (χ2v) is 20.0. The average Bonchev–Trinajstić information content (AvgIpc) is 3.30. The standard InChI is InChI=1S/C58H113NO5/c1-3-5-7-9-11-13-15-17-19-21-23-24-25-26-27-28-29-30-31-32-33-34-36-38-40-42-44-46-48-50-52-56(62)58(64)59-54(53-60)57(63)55(61)51-49-47-45-43-41-39-37-35-22-20-18-16-14-12-10-8-6-4-2/h23-24,26-27,54-57,60-63H,3-22,25,28-53H2,1-2H3,(H,59,64)/b24-23-,27-26-. The number of amides is 1. The van der Waals surface area contributed by atoms with E-state index in [2.05, 4.69) is 43.5 Å². The number of nitrogens with one attached hydrogen (secondary N) is 1. The van der Waals surface area contributed by atoms with Crippen molar-refractivity contribution in [3.05, 3.63) is 24.3 Å². The van der Waals surface area contributed by atoms with Crippen LogP contribution in [-0.2, 0) is 4.79 Å². The highest BCUT2D eigenvalue weighted by Crippen LogP contribution is 2.18. The quantitative estimate of drug-likeness (QED) is 0.0308. The number of aliphatic hydroxyl groups excluding tert-OH is 4. The molecule has 0 aliphatic rings. The van der Waals surface area contributed by atoms with Crippen molar-refractivity contribution in [2.24, 2.45) is 0 Å². The summed E-state index contributed by atoms with van der Waals surface area (Å²) in [6, 6.07) is -0.984. The summed E-state index contributed by atoms with van der Waals surface area (Å²) in [6.45, 7) is 4.08. The summed E-state index contributed by atoms with van der Waals surface area (Å²) < 4.78 is 0. The van der Waals surface area contributed by atoms with E-state index in [0.29, 0.717) is 12.8 Å². The second kappa shape index (κ2) is 52.8. The van der Waals surface area contributed by atoms with Crippen molar-refractivity contribution < 1.29 is 25.2 Å². The summed E-state index contributed by atoms with van der Waals surface area (Å²) >= 11 is 0. The van der Waals surface area contributed by atoms with Crippen molar-refractivity contribution in [1.82, 2.24) is 5.32 Å². The first-order valence-corrected chi connectivity index (χ1v) is 28.7. The highest BCUT2D eigenvalue weighted by Gasteiger charge is 2.28. The van der Waals surface area contributed by atoms with Crippen LogP contribution < -0.4 is 5.32 Å². The Hall–Kier alpha value is -1.21. The van der Waals surface area contributed by atoms with Crippen LogP contribution in [0.4, 0.5) is 0 Å². The van der Waals surface area contributed by atoms with Gasteiger partial charge in [0, 0.05) is 0 Å². The average molecular weight is 905 g/mol. The molecule has 380 valence electrons. The summed E-state index contributed by atoms with van der Waals surface area (Å²) in [7, 11) is 0. The smallest absolute Gasteiger partial charge is 0.249 e. The van der Waals surface area contributed by atoms with E-state index in [0.717, 1.165) is 44.9 Å². The third-order valence-electron chi connectivity index (χ3n) is 13.7. The Morgan fingerprint density at radius 1 is 0.391 bits per heavy atom. The Balaban J connectivity index is 3.60. The lowest BCUT2D eigenvalue weighted by Crippen LogP contribution is -2.53. The van der Waals surface area contributed by atoms with Gasteiger partial charge in [0.05, 0.1) is 18.8 Å². The van der Waals surface area contributed by atoms with Crippen LogP contribution in [0.3, 0.4) is 0 Å². The maximum atomic E-state index is 12.6. The first kappa shape index (κ1) is 62.8. The van der Waals surface area contributed by atoms with Gasteiger partial charge < -0.3 is 25.7 Å². The molecule has 0 aromatic heterocycles. The van der Waals surface area contributed by atoms with Crippen molar-refractivity contribution in [2.45, 2.75) is 334 Å². The number of carbonyl (C=O) groups excluding carboxylic acids is 1. The van der Waals surface area contributed by atoms with Gasteiger partial charge in [-0.15, -0.1) is 0 Å². The number of hydrogen-bond donors (Lipinski definition) is 5.